The van der Waals surface area contributed by atoms with Gasteiger partial charge in [0.25, 0.3) is 5.91 Å². The molecule has 2 aromatic rings. The first-order valence-electron chi connectivity index (χ1n) is 8.72. The van der Waals surface area contributed by atoms with Crippen molar-refractivity contribution in [3.05, 3.63) is 65.2 Å². The third-order valence-electron chi connectivity index (χ3n) is 4.52. The van der Waals surface area contributed by atoms with E-state index in [-0.39, 0.29) is 6.54 Å². The highest BCUT2D eigenvalue weighted by atomic mass is 35.5. The van der Waals surface area contributed by atoms with Crippen molar-refractivity contribution in [3.8, 4) is 0 Å². The van der Waals surface area contributed by atoms with E-state index in [0.717, 1.165) is 4.90 Å². The van der Waals surface area contributed by atoms with Gasteiger partial charge in [-0.05, 0) is 24.1 Å². The summed E-state index contributed by atoms with van der Waals surface area (Å²) in [6, 6.07) is 15.3. The Kier molecular flexibility index (Phi) is 5.46. The molecule has 2 N–H and O–H groups in total. The molecule has 0 radical (unpaired) electrons. The van der Waals surface area contributed by atoms with Gasteiger partial charge in [0.15, 0.2) is 0 Å². The molecule has 0 bridgehead atoms. The average molecular weight is 386 g/mol. The zero-order valence-corrected chi connectivity index (χ0v) is 15.6. The number of amides is 4. The summed E-state index contributed by atoms with van der Waals surface area (Å²) in [7, 11) is 0. The normalized spacial score (nSPS) is 19.1. The number of carbonyl (C=O) groups is 3. The Morgan fingerprint density at radius 1 is 1.11 bits per heavy atom. The SMILES string of the molecule is CCC[C@]1(c2ccccc2)NC(=O)N(CC(=O)Nc2ccccc2Cl)C1=O. The first kappa shape index (κ1) is 18.9. The molecular weight excluding hydrogens is 366 g/mol. The van der Waals surface area contributed by atoms with Gasteiger partial charge < -0.3 is 10.6 Å². The minimum Gasteiger partial charge on any atom is -0.323 e. The van der Waals surface area contributed by atoms with E-state index in [4.69, 9.17) is 11.6 Å². The number of para-hydroxylation sites is 1. The van der Waals surface area contributed by atoms with Crippen molar-refractivity contribution in [2.24, 2.45) is 0 Å². The number of halogens is 1. The number of urea groups is 1. The van der Waals surface area contributed by atoms with E-state index in [2.05, 4.69) is 10.6 Å². The maximum absolute atomic E-state index is 13.1. The number of nitrogens with one attached hydrogen (secondary N) is 2. The minimum atomic E-state index is -1.14. The summed E-state index contributed by atoms with van der Waals surface area (Å²) in [5, 5.41) is 5.81. The molecule has 1 saturated heterocycles. The van der Waals surface area contributed by atoms with E-state index >= 15 is 0 Å². The van der Waals surface area contributed by atoms with Crippen LogP contribution in [-0.4, -0.2) is 29.3 Å². The van der Waals surface area contributed by atoms with Crippen molar-refractivity contribution in [2.45, 2.75) is 25.3 Å². The number of nitrogens with zero attached hydrogens (tertiary/aromatic N) is 1. The summed E-state index contributed by atoms with van der Waals surface area (Å²) in [6.07, 6.45) is 1.14. The average Bonchev–Trinajstić information content (AvgIpc) is 2.90. The largest absolute Gasteiger partial charge is 0.325 e. The van der Waals surface area contributed by atoms with Crippen molar-refractivity contribution >= 4 is 35.1 Å². The van der Waals surface area contributed by atoms with Crippen LogP contribution >= 0.6 is 11.6 Å². The molecule has 0 aliphatic carbocycles. The second kappa shape index (κ2) is 7.80. The molecule has 0 spiro atoms. The third kappa shape index (κ3) is 3.66. The summed E-state index contributed by atoms with van der Waals surface area (Å²) < 4.78 is 0. The molecule has 1 heterocycles. The van der Waals surface area contributed by atoms with E-state index < -0.39 is 23.4 Å². The van der Waals surface area contributed by atoms with Gasteiger partial charge in [-0.1, -0.05) is 67.4 Å². The number of benzene rings is 2. The summed E-state index contributed by atoms with van der Waals surface area (Å²) in [6.45, 7) is 1.56. The molecule has 0 saturated carbocycles. The zero-order chi connectivity index (χ0) is 19.4. The number of anilines is 1. The number of carbonyl (C=O) groups excluding carboxylic acids is 3. The second-order valence-corrected chi connectivity index (χ2v) is 6.78. The number of hydrogen-bond donors (Lipinski definition) is 2. The summed E-state index contributed by atoms with van der Waals surface area (Å²) >= 11 is 6.03. The molecule has 3 rings (SSSR count). The van der Waals surface area contributed by atoms with Gasteiger partial charge in [-0.3, -0.25) is 14.5 Å². The van der Waals surface area contributed by atoms with Crippen molar-refractivity contribution in [1.82, 2.24) is 10.2 Å². The molecule has 7 heteroatoms. The maximum atomic E-state index is 13.1. The minimum absolute atomic E-state index is 0.381. The fourth-order valence-corrected chi connectivity index (χ4v) is 3.46. The van der Waals surface area contributed by atoms with Crippen LogP contribution in [0.4, 0.5) is 10.5 Å². The zero-order valence-electron chi connectivity index (χ0n) is 14.9. The summed E-state index contributed by atoms with van der Waals surface area (Å²) in [4.78, 5) is 38.9. The molecule has 1 aliphatic heterocycles. The quantitative estimate of drug-likeness (QED) is 0.746. The molecule has 1 aliphatic rings. The Bertz CT molecular complexity index is 872. The molecule has 0 aromatic heterocycles. The predicted octanol–water partition coefficient (Wildman–Crippen LogP) is 3.53. The van der Waals surface area contributed by atoms with Crippen molar-refractivity contribution in [2.75, 3.05) is 11.9 Å². The van der Waals surface area contributed by atoms with Crippen LogP contribution in [0.2, 0.25) is 5.02 Å². The highest BCUT2D eigenvalue weighted by Gasteiger charge is 2.52. The standard InChI is InChI=1S/C20H20ClN3O3/c1-2-12-20(14-8-4-3-5-9-14)18(26)24(19(27)23-20)13-17(25)22-16-11-7-6-10-15(16)21/h3-11H,2,12-13H2,1H3,(H,22,25)(H,23,27)/t20-/m1/s1. The summed E-state index contributed by atoms with van der Waals surface area (Å²) in [5.74, 6) is -0.915. The topological polar surface area (TPSA) is 78.5 Å². The van der Waals surface area contributed by atoms with Crippen LogP contribution in [-0.2, 0) is 15.1 Å². The highest BCUT2D eigenvalue weighted by molar-refractivity contribution is 6.33. The Morgan fingerprint density at radius 2 is 1.78 bits per heavy atom. The Hall–Kier alpha value is -2.86. The van der Waals surface area contributed by atoms with Gasteiger partial charge >= 0.3 is 6.03 Å². The maximum Gasteiger partial charge on any atom is 0.325 e. The van der Waals surface area contributed by atoms with Gasteiger partial charge in [-0.2, -0.15) is 0 Å². The van der Waals surface area contributed by atoms with E-state index in [0.29, 0.717) is 29.1 Å². The Morgan fingerprint density at radius 3 is 2.44 bits per heavy atom. The van der Waals surface area contributed by atoms with Gasteiger partial charge in [-0.25, -0.2) is 4.79 Å². The van der Waals surface area contributed by atoms with Crippen molar-refractivity contribution < 1.29 is 14.4 Å². The molecule has 140 valence electrons. The lowest BCUT2D eigenvalue weighted by Gasteiger charge is -2.26. The number of rotatable bonds is 6. The van der Waals surface area contributed by atoms with Crippen LogP contribution in [0, 0.1) is 0 Å². The second-order valence-electron chi connectivity index (χ2n) is 6.37. The fourth-order valence-electron chi connectivity index (χ4n) is 3.27. The van der Waals surface area contributed by atoms with Gasteiger partial charge in [0.1, 0.15) is 12.1 Å². The lowest BCUT2D eigenvalue weighted by molar-refractivity contribution is -0.134. The van der Waals surface area contributed by atoms with E-state index in [9.17, 15) is 14.4 Å². The van der Waals surface area contributed by atoms with Gasteiger partial charge in [0, 0.05) is 0 Å². The van der Waals surface area contributed by atoms with Crippen LogP contribution < -0.4 is 10.6 Å². The van der Waals surface area contributed by atoms with E-state index in [1.807, 2.05) is 25.1 Å². The van der Waals surface area contributed by atoms with Crippen molar-refractivity contribution in [1.29, 1.82) is 0 Å². The molecular formula is C20H20ClN3O3. The van der Waals surface area contributed by atoms with Gasteiger partial charge in [0.2, 0.25) is 5.91 Å². The van der Waals surface area contributed by atoms with Crippen LogP contribution in [0.15, 0.2) is 54.6 Å². The smallest absolute Gasteiger partial charge is 0.323 e. The molecule has 2 aromatic carbocycles. The lowest BCUT2D eigenvalue weighted by Crippen LogP contribution is -2.44. The Labute approximate surface area is 162 Å². The predicted molar refractivity (Wildman–Crippen MR) is 103 cm³/mol. The van der Waals surface area contributed by atoms with Crippen LogP contribution in [0.25, 0.3) is 0 Å². The molecule has 1 fully saturated rings. The third-order valence-corrected chi connectivity index (χ3v) is 4.85. The number of hydrogen-bond acceptors (Lipinski definition) is 3. The monoisotopic (exact) mass is 385 g/mol. The first-order chi connectivity index (χ1) is 13.0. The van der Waals surface area contributed by atoms with Gasteiger partial charge in [-0.15, -0.1) is 0 Å². The van der Waals surface area contributed by atoms with Gasteiger partial charge in [0.05, 0.1) is 10.7 Å². The molecule has 4 amide bonds. The molecule has 0 unspecified atom stereocenters. The molecule has 27 heavy (non-hydrogen) atoms. The van der Waals surface area contributed by atoms with Crippen molar-refractivity contribution in [3.63, 3.8) is 0 Å². The first-order valence-corrected chi connectivity index (χ1v) is 9.10. The number of imide groups is 1. The van der Waals surface area contributed by atoms with Crippen LogP contribution in [0.1, 0.15) is 25.3 Å². The highest BCUT2D eigenvalue weighted by Crippen LogP contribution is 2.33. The Balaban J connectivity index is 1.81. The summed E-state index contributed by atoms with van der Waals surface area (Å²) in [5.41, 5.74) is -0.00378. The van der Waals surface area contributed by atoms with E-state index in [1.165, 1.54) is 0 Å². The van der Waals surface area contributed by atoms with Crippen LogP contribution in [0.5, 0.6) is 0 Å². The van der Waals surface area contributed by atoms with Crippen LogP contribution in [0.3, 0.4) is 0 Å². The molecule has 6 nitrogen and oxygen atoms in total. The van der Waals surface area contributed by atoms with E-state index in [1.54, 1.807) is 36.4 Å². The lowest BCUT2D eigenvalue weighted by atomic mass is 9.85. The molecule has 1 atom stereocenters. The fraction of sp³-hybridized carbons (Fsp3) is 0.250.